The van der Waals surface area contributed by atoms with Gasteiger partial charge < -0.3 is 10.6 Å². The smallest absolute Gasteiger partial charge is 0.381 e. The predicted molar refractivity (Wildman–Crippen MR) is 70.2 cm³/mol. The maximum atomic E-state index is 12.7. The summed E-state index contributed by atoms with van der Waals surface area (Å²) < 4.78 is 38.0. The molecule has 1 aromatic carbocycles. The van der Waals surface area contributed by atoms with Gasteiger partial charge in [0.1, 0.15) is 0 Å². The van der Waals surface area contributed by atoms with Crippen molar-refractivity contribution in [3.63, 3.8) is 0 Å². The molecule has 0 radical (unpaired) electrons. The van der Waals surface area contributed by atoms with Crippen molar-refractivity contribution in [1.82, 2.24) is 5.32 Å². The van der Waals surface area contributed by atoms with E-state index in [2.05, 4.69) is 16.7 Å². The standard InChI is InChI=1S/C14H14F3N3/c15-14(16,17)13-2-1-12(7-11(13)8-18)20-9-10-3-5-19-6-4-10/h1-3,7,19-20H,4-6,9H2. The van der Waals surface area contributed by atoms with E-state index in [-0.39, 0.29) is 5.56 Å². The van der Waals surface area contributed by atoms with Crippen LogP contribution in [0.1, 0.15) is 17.5 Å². The zero-order valence-electron chi connectivity index (χ0n) is 10.7. The number of rotatable bonds is 3. The molecule has 0 fully saturated rings. The van der Waals surface area contributed by atoms with E-state index in [0.29, 0.717) is 12.2 Å². The first-order valence-electron chi connectivity index (χ1n) is 6.24. The van der Waals surface area contributed by atoms with Crippen LogP contribution in [-0.2, 0) is 6.18 Å². The molecule has 6 heteroatoms. The summed E-state index contributed by atoms with van der Waals surface area (Å²) in [7, 11) is 0. The Bertz CT molecular complexity index is 556. The van der Waals surface area contributed by atoms with Crippen LogP contribution in [0, 0.1) is 11.3 Å². The SMILES string of the molecule is N#Cc1cc(NCC2=CCNCC2)ccc1C(F)(F)F. The van der Waals surface area contributed by atoms with Gasteiger partial charge in [0, 0.05) is 18.8 Å². The summed E-state index contributed by atoms with van der Waals surface area (Å²) >= 11 is 0. The number of hydrogen-bond donors (Lipinski definition) is 2. The van der Waals surface area contributed by atoms with Crippen molar-refractivity contribution in [1.29, 1.82) is 5.26 Å². The molecule has 0 aliphatic carbocycles. The second-order valence-electron chi connectivity index (χ2n) is 4.54. The maximum absolute atomic E-state index is 12.7. The number of nitrogens with one attached hydrogen (secondary N) is 2. The Morgan fingerprint density at radius 2 is 2.15 bits per heavy atom. The molecule has 1 aliphatic rings. The third-order valence-corrected chi connectivity index (χ3v) is 3.12. The molecule has 106 valence electrons. The van der Waals surface area contributed by atoms with E-state index >= 15 is 0 Å². The highest BCUT2D eigenvalue weighted by Gasteiger charge is 2.33. The molecule has 0 bridgehead atoms. The molecule has 0 aromatic heterocycles. The minimum absolute atomic E-state index is 0.359. The van der Waals surface area contributed by atoms with Crippen LogP contribution in [0.4, 0.5) is 18.9 Å². The second-order valence-corrected chi connectivity index (χ2v) is 4.54. The molecule has 0 atom stereocenters. The summed E-state index contributed by atoms with van der Waals surface area (Å²) in [4.78, 5) is 0. The molecule has 0 spiro atoms. The van der Waals surface area contributed by atoms with Gasteiger partial charge in [-0.25, -0.2) is 0 Å². The molecule has 2 rings (SSSR count). The highest BCUT2D eigenvalue weighted by molar-refractivity contribution is 5.54. The molecule has 1 aromatic rings. The van der Waals surface area contributed by atoms with Crippen molar-refractivity contribution in [2.45, 2.75) is 12.6 Å². The minimum atomic E-state index is -4.50. The molecule has 2 N–H and O–H groups in total. The van der Waals surface area contributed by atoms with E-state index in [4.69, 9.17) is 5.26 Å². The molecule has 0 saturated heterocycles. The van der Waals surface area contributed by atoms with Crippen molar-refractivity contribution in [3.05, 3.63) is 41.0 Å². The van der Waals surface area contributed by atoms with Crippen LogP contribution in [0.3, 0.4) is 0 Å². The normalized spacial score (nSPS) is 15.4. The summed E-state index contributed by atoms with van der Waals surface area (Å²) in [6.45, 7) is 2.30. The average Bonchev–Trinajstić information content (AvgIpc) is 2.45. The lowest BCUT2D eigenvalue weighted by molar-refractivity contribution is -0.137. The fourth-order valence-corrected chi connectivity index (χ4v) is 2.04. The molecule has 0 saturated carbocycles. The molecule has 0 unspecified atom stereocenters. The molecule has 1 aliphatic heterocycles. The fourth-order valence-electron chi connectivity index (χ4n) is 2.04. The highest BCUT2D eigenvalue weighted by Crippen LogP contribution is 2.33. The Labute approximate surface area is 115 Å². The first kappa shape index (κ1) is 14.4. The highest BCUT2D eigenvalue weighted by atomic mass is 19.4. The van der Waals surface area contributed by atoms with Gasteiger partial charge in [-0.3, -0.25) is 0 Å². The predicted octanol–water partition coefficient (Wildman–Crippen LogP) is 2.91. The van der Waals surface area contributed by atoms with Gasteiger partial charge in [0.2, 0.25) is 0 Å². The first-order chi connectivity index (χ1) is 9.50. The van der Waals surface area contributed by atoms with Gasteiger partial charge in [0.15, 0.2) is 0 Å². The molecule has 0 amide bonds. The number of anilines is 1. The summed E-state index contributed by atoms with van der Waals surface area (Å²) in [5.74, 6) is 0. The summed E-state index contributed by atoms with van der Waals surface area (Å²) in [6.07, 6.45) is -1.52. The number of nitrogens with zero attached hydrogens (tertiary/aromatic N) is 1. The van der Waals surface area contributed by atoms with Crippen molar-refractivity contribution >= 4 is 5.69 Å². The lowest BCUT2D eigenvalue weighted by Crippen LogP contribution is -2.23. The number of benzene rings is 1. The molecular formula is C14H14F3N3. The van der Waals surface area contributed by atoms with E-state index in [0.717, 1.165) is 25.6 Å². The van der Waals surface area contributed by atoms with E-state index < -0.39 is 11.7 Å². The zero-order valence-corrected chi connectivity index (χ0v) is 10.7. The maximum Gasteiger partial charge on any atom is 0.417 e. The van der Waals surface area contributed by atoms with Crippen LogP contribution >= 0.6 is 0 Å². The van der Waals surface area contributed by atoms with Crippen LogP contribution in [0.25, 0.3) is 0 Å². The van der Waals surface area contributed by atoms with Crippen molar-refractivity contribution in [3.8, 4) is 6.07 Å². The van der Waals surface area contributed by atoms with Crippen LogP contribution in [0.5, 0.6) is 0 Å². The summed E-state index contributed by atoms with van der Waals surface area (Å²) in [5.41, 5.74) is 0.476. The van der Waals surface area contributed by atoms with E-state index in [1.54, 1.807) is 6.07 Å². The van der Waals surface area contributed by atoms with E-state index in [9.17, 15) is 13.2 Å². The van der Waals surface area contributed by atoms with Crippen LogP contribution in [-0.4, -0.2) is 19.6 Å². The number of halogens is 3. The Hall–Kier alpha value is -2.00. The monoisotopic (exact) mass is 281 g/mol. The Balaban J connectivity index is 2.10. The van der Waals surface area contributed by atoms with Gasteiger partial charge in [-0.2, -0.15) is 18.4 Å². The summed E-state index contributed by atoms with van der Waals surface area (Å²) in [6, 6.07) is 5.13. The van der Waals surface area contributed by atoms with Gasteiger partial charge in [-0.05, 0) is 31.2 Å². The lowest BCUT2D eigenvalue weighted by atomic mass is 10.1. The molecule has 1 heterocycles. The van der Waals surface area contributed by atoms with Crippen LogP contribution in [0.2, 0.25) is 0 Å². The number of alkyl halides is 3. The van der Waals surface area contributed by atoms with Gasteiger partial charge in [0.05, 0.1) is 17.2 Å². The third kappa shape index (κ3) is 3.52. The molecule has 3 nitrogen and oxygen atoms in total. The first-order valence-corrected chi connectivity index (χ1v) is 6.24. The largest absolute Gasteiger partial charge is 0.417 e. The molecule has 20 heavy (non-hydrogen) atoms. The van der Waals surface area contributed by atoms with Gasteiger partial charge >= 0.3 is 6.18 Å². The Morgan fingerprint density at radius 1 is 1.35 bits per heavy atom. The molecular weight excluding hydrogens is 267 g/mol. The third-order valence-electron chi connectivity index (χ3n) is 3.12. The van der Waals surface area contributed by atoms with Crippen molar-refractivity contribution in [2.24, 2.45) is 0 Å². The number of hydrogen-bond acceptors (Lipinski definition) is 3. The Kier molecular flexibility index (Phi) is 4.30. The van der Waals surface area contributed by atoms with Gasteiger partial charge in [-0.15, -0.1) is 0 Å². The van der Waals surface area contributed by atoms with Gasteiger partial charge in [0.25, 0.3) is 0 Å². The summed E-state index contributed by atoms with van der Waals surface area (Å²) in [5, 5.41) is 15.1. The van der Waals surface area contributed by atoms with Crippen molar-refractivity contribution in [2.75, 3.05) is 25.0 Å². The quantitative estimate of drug-likeness (QED) is 0.837. The van der Waals surface area contributed by atoms with E-state index in [1.807, 2.05) is 0 Å². The van der Waals surface area contributed by atoms with Crippen LogP contribution < -0.4 is 10.6 Å². The number of nitriles is 1. The Morgan fingerprint density at radius 3 is 2.75 bits per heavy atom. The van der Waals surface area contributed by atoms with Crippen molar-refractivity contribution < 1.29 is 13.2 Å². The topological polar surface area (TPSA) is 47.9 Å². The fraction of sp³-hybridized carbons (Fsp3) is 0.357. The average molecular weight is 281 g/mol. The zero-order chi connectivity index (χ0) is 14.6. The second kappa shape index (κ2) is 5.97. The van der Waals surface area contributed by atoms with E-state index in [1.165, 1.54) is 17.7 Å². The van der Waals surface area contributed by atoms with Gasteiger partial charge in [-0.1, -0.05) is 11.6 Å². The lowest BCUT2D eigenvalue weighted by Gasteiger charge is -2.16. The minimum Gasteiger partial charge on any atom is -0.381 e. The van der Waals surface area contributed by atoms with Crippen LogP contribution in [0.15, 0.2) is 29.8 Å².